The molecule has 1 fully saturated rings. The van der Waals surface area contributed by atoms with Crippen LogP contribution >= 0.6 is 0 Å². The van der Waals surface area contributed by atoms with E-state index >= 15 is 0 Å². The second-order valence-corrected chi connectivity index (χ2v) is 6.48. The Morgan fingerprint density at radius 3 is 2.59 bits per heavy atom. The predicted octanol–water partition coefficient (Wildman–Crippen LogP) is 1.68. The molecule has 0 aliphatic heterocycles. The first-order chi connectivity index (χ1) is 7.78. The summed E-state index contributed by atoms with van der Waals surface area (Å²) in [7, 11) is 0. The van der Waals surface area contributed by atoms with E-state index in [-0.39, 0.29) is 29.6 Å². The normalized spacial score (nSPS) is 40.1. The zero-order chi connectivity index (χ0) is 12.8. The lowest BCUT2D eigenvalue weighted by molar-refractivity contribution is -0.124. The van der Waals surface area contributed by atoms with Gasteiger partial charge in [-0.05, 0) is 43.3 Å². The average Bonchev–Trinajstić information content (AvgIpc) is 2.53. The highest BCUT2D eigenvalue weighted by Gasteiger charge is 2.53. The second kappa shape index (κ2) is 3.92. The van der Waals surface area contributed by atoms with Crippen LogP contribution in [0.5, 0.6) is 0 Å². The molecule has 2 rings (SSSR count). The Bertz CT molecular complexity index is 366. The third-order valence-corrected chi connectivity index (χ3v) is 4.47. The maximum atomic E-state index is 12.1. The maximum Gasteiger partial charge on any atom is 0.159 e. The summed E-state index contributed by atoms with van der Waals surface area (Å²) in [5.41, 5.74) is -0.115. The maximum absolute atomic E-state index is 12.1. The lowest BCUT2D eigenvalue weighted by Gasteiger charge is -2.39. The molecule has 2 aliphatic carbocycles. The minimum Gasteiger partial charge on any atom is -0.396 e. The Labute approximate surface area is 103 Å². The third-order valence-electron chi connectivity index (χ3n) is 4.47. The second-order valence-electron chi connectivity index (χ2n) is 6.48. The molecule has 2 aliphatic rings. The first-order valence-electron chi connectivity index (χ1n) is 6.36. The molecule has 0 heterocycles. The Morgan fingerprint density at radius 1 is 1.35 bits per heavy atom. The van der Waals surface area contributed by atoms with Crippen LogP contribution in [0.4, 0.5) is 0 Å². The number of allylic oxidation sites excluding steroid dienone is 1. The first kappa shape index (κ1) is 12.8. The van der Waals surface area contributed by atoms with Gasteiger partial charge in [0.1, 0.15) is 0 Å². The van der Waals surface area contributed by atoms with E-state index in [0.717, 1.165) is 12.8 Å². The van der Waals surface area contributed by atoms with Gasteiger partial charge in [-0.2, -0.15) is 0 Å². The minimum atomic E-state index is -0.935. The lowest BCUT2D eigenvalue weighted by atomic mass is 9.69. The molecule has 0 spiro atoms. The van der Waals surface area contributed by atoms with Crippen LogP contribution in [0, 0.1) is 17.3 Å². The van der Waals surface area contributed by atoms with Crippen LogP contribution in [0.15, 0.2) is 11.6 Å². The molecule has 0 radical (unpaired) electrons. The largest absolute Gasteiger partial charge is 0.396 e. The molecule has 0 aromatic rings. The number of carbonyl (C=O) groups is 1. The summed E-state index contributed by atoms with van der Waals surface area (Å²) >= 11 is 0. The van der Waals surface area contributed by atoms with Crippen LogP contribution in [0.25, 0.3) is 0 Å². The van der Waals surface area contributed by atoms with Crippen molar-refractivity contribution in [3.8, 4) is 0 Å². The fourth-order valence-corrected chi connectivity index (χ4v) is 3.56. The zero-order valence-electron chi connectivity index (χ0n) is 10.9. The molecule has 2 N–H and O–H groups in total. The number of carbonyl (C=O) groups excluding carboxylic acids is 1. The SMILES string of the molecule is CC1(C)C[C@@H]2[C@@H](C1)C(=O)C=C(CCO)[C@@]2(C)O. The van der Waals surface area contributed by atoms with Crippen LogP contribution in [0.3, 0.4) is 0 Å². The van der Waals surface area contributed by atoms with Crippen molar-refractivity contribution in [2.45, 2.75) is 45.6 Å². The number of fused-ring (bicyclic) bond motifs is 1. The molecule has 3 nitrogen and oxygen atoms in total. The summed E-state index contributed by atoms with van der Waals surface area (Å²) in [4.78, 5) is 12.1. The summed E-state index contributed by atoms with van der Waals surface area (Å²) in [5.74, 6) is 0.106. The van der Waals surface area contributed by atoms with Crippen molar-refractivity contribution in [1.29, 1.82) is 0 Å². The molecule has 0 aromatic heterocycles. The molecule has 0 unspecified atom stereocenters. The van der Waals surface area contributed by atoms with Gasteiger partial charge in [0.25, 0.3) is 0 Å². The summed E-state index contributed by atoms with van der Waals surface area (Å²) in [6.45, 7) is 6.08. The Hall–Kier alpha value is -0.670. The molecule has 3 heteroatoms. The van der Waals surface area contributed by atoms with Crippen molar-refractivity contribution in [1.82, 2.24) is 0 Å². The van der Waals surface area contributed by atoms with Crippen LogP contribution in [-0.2, 0) is 4.79 Å². The highest BCUT2D eigenvalue weighted by atomic mass is 16.3. The van der Waals surface area contributed by atoms with Crippen LogP contribution in [0.1, 0.15) is 40.0 Å². The number of aliphatic hydroxyl groups excluding tert-OH is 1. The zero-order valence-corrected chi connectivity index (χ0v) is 10.9. The standard InChI is InChI=1S/C14H22O3/c1-13(2)7-10-11(8-13)14(3,17)9(4-5-15)6-12(10)16/h6,10-11,15,17H,4-5,7-8H2,1-3H3/t10-,11-,14-/m1/s1. The molecule has 0 aromatic carbocycles. The monoisotopic (exact) mass is 238 g/mol. The first-order valence-corrected chi connectivity index (χ1v) is 6.36. The van der Waals surface area contributed by atoms with Gasteiger partial charge in [-0.15, -0.1) is 0 Å². The smallest absolute Gasteiger partial charge is 0.159 e. The highest BCUT2D eigenvalue weighted by molar-refractivity contribution is 5.94. The van der Waals surface area contributed by atoms with Gasteiger partial charge in [-0.3, -0.25) is 4.79 Å². The molecule has 0 saturated heterocycles. The number of rotatable bonds is 2. The number of ketones is 1. The van der Waals surface area contributed by atoms with Gasteiger partial charge in [0.2, 0.25) is 0 Å². The van der Waals surface area contributed by atoms with Crippen molar-refractivity contribution in [2.24, 2.45) is 17.3 Å². The fraction of sp³-hybridized carbons (Fsp3) is 0.786. The molecule has 96 valence electrons. The molecular weight excluding hydrogens is 216 g/mol. The van der Waals surface area contributed by atoms with E-state index in [4.69, 9.17) is 5.11 Å². The van der Waals surface area contributed by atoms with Gasteiger partial charge in [0.05, 0.1) is 5.60 Å². The molecule has 0 bridgehead atoms. The topological polar surface area (TPSA) is 57.5 Å². The van der Waals surface area contributed by atoms with Crippen LogP contribution < -0.4 is 0 Å². The Kier molecular flexibility index (Phi) is 2.95. The summed E-state index contributed by atoms with van der Waals surface area (Å²) in [5, 5.41) is 19.7. The lowest BCUT2D eigenvalue weighted by Crippen LogP contribution is -2.44. The van der Waals surface area contributed by atoms with Crippen LogP contribution in [0.2, 0.25) is 0 Å². The molecule has 17 heavy (non-hydrogen) atoms. The molecule has 1 saturated carbocycles. The number of hydrogen-bond acceptors (Lipinski definition) is 3. The van der Waals surface area contributed by atoms with Crippen molar-refractivity contribution in [3.05, 3.63) is 11.6 Å². The Morgan fingerprint density at radius 2 is 2.00 bits per heavy atom. The van der Waals surface area contributed by atoms with Crippen LogP contribution in [-0.4, -0.2) is 28.2 Å². The van der Waals surface area contributed by atoms with Gasteiger partial charge in [0.15, 0.2) is 5.78 Å². The van der Waals surface area contributed by atoms with E-state index in [2.05, 4.69) is 13.8 Å². The van der Waals surface area contributed by atoms with Gasteiger partial charge < -0.3 is 10.2 Å². The van der Waals surface area contributed by atoms with E-state index in [1.807, 2.05) is 0 Å². The van der Waals surface area contributed by atoms with Gasteiger partial charge in [0, 0.05) is 18.4 Å². The van der Waals surface area contributed by atoms with Gasteiger partial charge in [-0.25, -0.2) is 0 Å². The summed E-state index contributed by atoms with van der Waals surface area (Å²) < 4.78 is 0. The summed E-state index contributed by atoms with van der Waals surface area (Å²) in [6, 6.07) is 0. The van der Waals surface area contributed by atoms with E-state index in [9.17, 15) is 9.90 Å². The quantitative estimate of drug-likeness (QED) is 0.769. The number of hydrogen-bond donors (Lipinski definition) is 2. The van der Waals surface area contributed by atoms with Crippen molar-refractivity contribution < 1.29 is 15.0 Å². The highest BCUT2D eigenvalue weighted by Crippen LogP contribution is 2.53. The molecular formula is C14H22O3. The van der Waals surface area contributed by atoms with E-state index in [0.29, 0.717) is 12.0 Å². The van der Waals surface area contributed by atoms with Crippen molar-refractivity contribution >= 4 is 5.78 Å². The predicted molar refractivity (Wildman–Crippen MR) is 65.4 cm³/mol. The van der Waals surface area contributed by atoms with Gasteiger partial charge >= 0.3 is 0 Å². The van der Waals surface area contributed by atoms with Crippen molar-refractivity contribution in [3.63, 3.8) is 0 Å². The number of aliphatic hydroxyl groups is 2. The van der Waals surface area contributed by atoms with E-state index < -0.39 is 5.60 Å². The minimum absolute atomic E-state index is 0.0107. The average molecular weight is 238 g/mol. The van der Waals surface area contributed by atoms with Crippen molar-refractivity contribution in [2.75, 3.05) is 6.61 Å². The van der Waals surface area contributed by atoms with E-state index in [1.165, 1.54) is 0 Å². The third kappa shape index (κ3) is 2.06. The van der Waals surface area contributed by atoms with Gasteiger partial charge in [-0.1, -0.05) is 13.8 Å². The fourth-order valence-electron chi connectivity index (χ4n) is 3.56. The Balaban J connectivity index is 2.35. The molecule has 3 atom stereocenters. The summed E-state index contributed by atoms with van der Waals surface area (Å²) in [6.07, 6.45) is 3.69. The van der Waals surface area contributed by atoms with E-state index in [1.54, 1.807) is 13.0 Å². The molecule has 0 amide bonds.